The van der Waals surface area contributed by atoms with Crippen LogP contribution in [-0.2, 0) is 4.79 Å². The van der Waals surface area contributed by atoms with Gasteiger partial charge >= 0.3 is 0 Å². The molecule has 0 saturated carbocycles. The van der Waals surface area contributed by atoms with E-state index in [-0.39, 0.29) is 30.3 Å². The maximum atomic E-state index is 12.3. The molecule has 2 rings (SSSR count). The molecular formula is C13H26ClN3O. The number of carbonyl (C=O) groups excluding carboxylic acids is 1. The number of piperazine rings is 1. The molecule has 2 aliphatic rings. The standard InChI is InChI=1S/C13H25N3O.ClH/c1-3-10(2)12(14)13(17)16-8-7-15-6-4-5-11(15)9-16;/h10-12H,3-9,14H2,1-2H3;1H. The van der Waals surface area contributed by atoms with Crippen LogP contribution in [-0.4, -0.2) is 54.0 Å². The summed E-state index contributed by atoms with van der Waals surface area (Å²) >= 11 is 0. The first-order valence-corrected chi connectivity index (χ1v) is 6.92. The van der Waals surface area contributed by atoms with Crippen LogP contribution in [0.2, 0.25) is 0 Å². The van der Waals surface area contributed by atoms with E-state index >= 15 is 0 Å². The third kappa shape index (κ3) is 3.16. The Hall–Kier alpha value is -0.320. The van der Waals surface area contributed by atoms with E-state index in [4.69, 9.17) is 5.73 Å². The van der Waals surface area contributed by atoms with Crippen LogP contribution in [0.3, 0.4) is 0 Å². The van der Waals surface area contributed by atoms with Crippen LogP contribution < -0.4 is 5.73 Å². The second kappa shape index (κ2) is 6.73. The summed E-state index contributed by atoms with van der Waals surface area (Å²) in [6.07, 6.45) is 3.49. The second-order valence-corrected chi connectivity index (χ2v) is 5.53. The molecule has 0 spiro atoms. The molecule has 1 amide bonds. The number of carbonyl (C=O) groups is 1. The molecule has 0 bridgehead atoms. The molecule has 2 aliphatic heterocycles. The highest BCUT2D eigenvalue weighted by Gasteiger charge is 2.34. The van der Waals surface area contributed by atoms with Crippen molar-refractivity contribution in [3.8, 4) is 0 Å². The van der Waals surface area contributed by atoms with Crippen LogP contribution >= 0.6 is 12.4 Å². The van der Waals surface area contributed by atoms with Crippen molar-refractivity contribution >= 4 is 18.3 Å². The highest BCUT2D eigenvalue weighted by molar-refractivity contribution is 5.85. The van der Waals surface area contributed by atoms with E-state index in [1.165, 1.54) is 19.4 Å². The predicted molar refractivity (Wildman–Crippen MR) is 75.9 cm³/mol. The van der Waals surface area contributed by atoms with Gasteiger partial charge in [-0.2, -0.15) is 0 Å². The summed E-state index contributed by atoms with van der Waals surface area (Å²) in [6, 6.07) is 0.282. The van der Waals surface area contributed by atoms with Crippen molar-refractivity contribution in [3.05, 3.63) is 0 Å². The first kappa shape index (κ1) is 15.7. The van der Waals surface area contributed by atoms with Gasteiger partial charge in [-0.05, 0) is 25.3 Å². The fraction of sp³-hybridized carbons (Fsp3) is 0.923. The first-order valence-electron chi connectivity index (χ1n) is 6.92. The Bertz CT molecular complexity index is 287. The minimum absolute atomic E-state index is 0. The van der Waals surface area contributed by atoms with Gasteiger partial charge in [-0.3, -0.25) is 9.69 Å². The molecule has 3 unspecified atom stereocenters. The summed E-state index contributed by atoms with van der Waals surface area (Å²) in [5.74, 6) is 0.440. The van der Waals surface area contributed by atoms with Gasteiger partial charge in [-0.1, -0.05) is 20.3 Å². The molecule has 2 saturated heterocycles. The van der Waals surface area contributed by atoms with Crippen molar-refractivity contribution < 1.29 is 4.79 Å². The Labute approximate surface area is 116 Å². The molecule has 106 valence electrons. The number of hydrogen-bond acceptors (Lipinski definition) is 3. The smallest absolute Gasteiger partial charge is 0.239 e. The molecule has 18 heavy (non-hydrogen) atoms. The van der Waals surface area contributed by atoms with E-state index in [0.29, 0.717) is 6.04 Å². The average Bonchev–Trinajstić information content (AvgIpc) is 2.83. The Morgan fingerprint density at radius 2 is 2.11 bits per heavy atom. The normalized spacial score (nSPS) is 27.3. The van der Waals surface area contributed by atoms with Gasteiger partial charge in [0.2, 0.25) is 5.91 Å². The van der Waals surface area contributed by atoms with E-state index in [9.17, 15) is 4.79 Å². The van der Waals surface area contributed by atoms with Crippen LogP contribution in [0.25, 0.3) is 0 Å². The second-order valence-electron chi connectivity index (χ2n) is 5.53. The summed E-state index contributed by atoms with van der Waals surface area (Å²) < 4.78 is 0. The maximum absolute atomic E-state index is 12.3. The van der Waals surface area contributed by atoms with E-state index in [0.717, 1.165) is 26.1 Å². The topological polar surface area (TPSA) is 49.6 Å². The van der Waals surface area contributed by atoms with Crippen molar-refractivity contribution in [2.75, 3.05) is 26.2 Å². The highest BCUT2D eigenvalue weighted by Crippen LogP contribution is 2.22. The van der Waals surface area contributed by atoms with Crippen molar-refractivity contribution in [2.45, 2.75) is 45.2 Å². The van der Waals surface area contributed by atoms with Gasteiger partial charge in [-0.25, -0.2) is 0 Å². The average molecular weight is 276 g/mol. The Balaban J connectivity index is 0.00000162. The summed E-state index contributed by atoms with van der Waals surface area (Å²) in [6.45, 7) is 8.15. The lowest BCUT2D eigenvalue weighted by Crippen LogP contribution is -2.56. The molecular weight excluding hydrogens is 250 g/mol. The number of rotatable bonds is 3. The van der Waals surface area contributed by atoms with Crippen molar-refractivity contribution in [3.63, 3.8) is 0 Å². The maximum Gasteiger partial charge on any atom is 0.239 e. The minimum atomic E-state index is -0.312. The first-order chi connectivity index (χ1) is 8.13. The van der Waals surface area contributed by atoms with Gasteiger partial charge in [0.1, 0.15) is 0 Å². The monoisotopic (exact) mass is 275 g/mol. The number of nitrogens with two attached hydrogens (primary N) is 1. The lowest BCUT2D eigenvalue weighted by atomic mass is 9.98. The summed E-state index contributed by atoms with van der Waals surface area (Å²) in [4.78, 5) is 16.8. The molecule has 3 atom stereocenters. The zero-order chi connectivity index (χ0) is 12.4. The van der Waals surface area contributed by atoms with Gasteiger partial charge in [0.15, 0.2) is 0 Å². The quantitative estimate of drug-likeness (QED) is 0.839. The number of hydrogen-bond donors (Lipinski definition) is 1. The van der Waals surface area contributed by atoms with Crippen LogP contribution in [0.5, 0.6) is 0 Å². The highest BCUT2D eigenvalue weighted by atomic mass is 35.5. The van der Waals surface area contributed by atoms with Crippen LogP contribution in [0, 0.1) is 5.92 Å². The van der Waals surface area contributed by atoms with Gasteiger partial charge in [0.25, 0.3) is 0 Å². The van der Waals surface area contributed by atoms with E-state index in [2.05, 4.69) is 18.7 Å². The molecule has 0 aliphatic carbocycles. The molecule has 2 N–H and O–H groups in total. The third-order valence-corrected chi connectivity index (χ3v) is 4.44. The lowest BCUT2D eigenvalue weighted by Gasteiger charge is -2.39. The van der Waals surface area contributed by atoms with E-state index < -0.39 is 0 Å². The van der Waals surface area contributed by atoms with Crippen molar-refractivity contribution in [2.24, 2.45) is 11.7 Å². The third-order valence-electron chi connectivity index (χ3n) is 4.44. The fourth-order valence-corrected chi connectivity index (χ4v) is 2.90. The Kier molecular flexibility index (Phi) is 5.89. The Morgan fingerprint density at radius 3 is 2.78 bits per heavy atom. The SMILES string of the molecule is CCC(C)C(N)C(=O)N1CCN2CCCC2C1.Cl. The lowest BCUT2D eigenvalue weighted by molar-refractivity contribution is -0.136. The van der Waals surface area contributed by atoms with Gasteiger partial charge in [0.05, 0.1) is 6.04 Å². The Morgan fingerprint density at radius 1 is 1.39 bits per heavy atom. The van der Waals surface area contributed by atoms with Crippen LogP contribution in [0.4, 0.5) is 0 Å². The van der Waals surface area contributed by atoms with Crippen LogP contribution in [0.15, 0.2) is 0 Å². The molecule has 2 heterocycles. The van der Waals surface area contributed by atoms with E-state index in [1.54, 1.807) is 0 Å². The number of amides is 1. The van der Waals surface area contributed by atoms with Crippen molar-refractivity contribution in [1.29, 1.82) is 0 Å². The summed E-state index contributed by atoms with van der Waals surface area (Å²) in [5.41, 5.74) is 6.03. The van der Waals surface area contributed by atoms with E-state index in [1.807, 2.05) is 4.90 Å². The minimum Gasteiger partial charge on any atom is -0.338 e. The zero-order valence-corrected chi connectivity index (χ0v) is 12.3. The summed E-state index contributed by atoms with van der Waals surface area (Å²) in [5, 5.41) is 0. The summed E-state index contributed by atoms with van der Waals surface area (Å²) in [7, 11) is 0. The largest absolute Gasteiger partial charge is 0.338 e. The van der Waals surface area contributed by atoms with Gasteiger partial charge < -0.3 is 10.6 Å². The number of fused-ring (bicyclic) bond motifs is 1. The molecule has 2 fully saturated rings. The molecule has 5 heteroatoms. The molecule has 0 aromatic heterocycles. The van der Waals surface area contributed by atoms with Crippen LogP contribution in [0.1, 0.15) is 33.1 Å². The zero-order valence-electron chi connectivity index (χ0n) is 11.5. The van der Waals surface area contributed by atoms with Gasteiger partial charge in [0, 0.05) is 25.7 Å². The van der Waals surface area contributed by atoms with Crippen molar-refractivity contribution in [1.82, 2.24) is 9.80 Å². The number of nitrogens with zero attached hydrogens (tertiary/aromatic N) is 2. The van der Waals surface area contributed by atoms with Gasteiger partial charge in [-0.15, -0.1) is 12.4 Å². The fourth-order valence-electron chi connectivity index (χ4n) is 2.90. The molecule has 0 radical (unpaired) electrons. The number of halogens is 1. The molecule has 4 nitrogen and oxygen atoms in total. The predicted octanol–water partition coefficient (Wildman–Crippen LogP) is 1.09. The molecule has 0 aromatic carbocycles. The molecule has 0 aromatic rings.